The Labute approximate surface area is 125 Å². The zero-order valence-corrected chi connectivity index (χ0v) is 12.2. The molecular formula is C15H14FNO3S. The van der Waals surface area contributed by atoms with Crippen LogP contribution in [0.15, 0.2) is 30.3 Å². The van der Waals surface area contributed by atoms with Gasteiger partial charge in [0.25, 0.3) is 0 Å². The highest BCUT2D eigenvalue weighted by molar-refractivity contribution is 7.12. The molecule has 0 saturated carbocycles. The number of benzene rings is 1. The van der Waals surface area contributed by atoms with Crippen molar-refractivity contribution >= 4 is 23.4 Å². The summed E-state index contributed by atoms with van der Waals surface area (Å²) >= 11 is 1.44. The molecule has 4 nitrogen and oxygen atoms in total. The number of carboxylic acids is 1. The van der Waals surface area contributed by atoms with Crippen molar-refractivity contribution in [3.63, 3.8) is 0 Å². The van der Waals surface area contributed by atoms with E-state index in [0.717, 1.165) is 21.7 Å². The fourth-order valence-corrected chi connectivity index (χ4v) is 2.61. The quantitative estimate of drug-likeness (QED) is 0.832. The van der Waals surface area contributed by atoms with Gasteiger partial charge in [-0.2, -0.15) is 0 Å². The fourth-order valence-electron chi connectivity index (χ4n) is 1.66. The molecule has 21 heavy (non-hydrogen) atoms. The van der Waals surface area contributed by atoms with Gasteiger partial charge in [0.05, 0.1) is 22.2 Å². The average Bonchev–Trinajstić information content (AvgIpc) is 2.79. The summed E-state index contributed by atoms with van der Waals surface area (Å²) in [4.78, 5) is 15.7. The van der Waals surface area contributed by atoms with Gasteiger partial charge in [0, 0.05) is 12.5 Å². The molecule has 1 N–H and O–H groups in total. The normalized spacial score (nSPS) is 11.0. The van der Waals surface area contributed by atoms with E-state index in [9.17, 15) is 9.18 Å². The van der Waals surface area contributed by atoms with E-state index in [2.05, 4.69) is 4.98 Å². The Morgan fingerprint density at radius 3 is 2.81 bits per heavy atom. The molecule has 0 fully saturated rings. The number of hydrogen-bond donors (Lipinski definition) is 1. The van der Waals surface area contributed by atoms with E-state index in [-0.39, 0.29) is 5.82 Å². The lowest BCUT2D eigenvalue weighted by Crippen LogP contribution is -2.01. The topological polar surface area (TPSA) is 59.4 Å². The third-order valence-electron chi connectivity index (χ3n) is 2.65. The molecule has 0 amide bonds. The van der Waals surface area contributed by atoms with E-state index in [1.165, 1.54) is 23.5 Å². The SMILES string of the molecule is Cc1nc(CCOc2ccc(F)cc2)sc1/C=C/C(=O)O. The third kappa shape index (κ3) is 4.68. The number of halogens is 1. The van der Waals surface area contributed by atoms with Crippen molar-refractivity contribution < 1.29 is 19.0 Å². The highest BCUT2D eigenvalue weighted by Gasteiger charge is 2.06. The Kier molecular flexibility index (Phi) is 5.05. The van der Waals surface area contributed by atoms with Gasteiger partial charge in [-0.25, -0.2) is 14.2 Å². The minimum Gasteiger partial charge on any atom is -0.493 e. The van der Waals surface area contributed by atoms with Crippen molar-refractivity contribution in [2.24, 2.45) is 0 Å². The number of nitrogens with zero attached hydrogens (tertiary/aromatic N) is 1. The fraction of sp³-hybridized carbons (Fsp3) is 0.200. The number of ether oxygens (including phenoxy) is 1. The molecule has 6 heteroatoms. The molecule has 0 saturated heterocycles. The lowest BCUT2D eigenvalue weighted by molar-refractivity contribution is -0.131. The molecule has 2 rings (SSSR count). The summed E-state index contributed by atoms with van der Waals surface area (Å²) in [6.07, 6.45) is 3.25. The van der Waals surface area contributed by atoms with Gasteiger partial charge in [0.2, 0.25) is 0 Å². The van der Waals surface area contributed by atoms with Crippen LogP contribution in [0.4, 0.5) is 4.39 Å². The van der Waals surface area contributed by atoms with Crippen LogP contribution in [0.2, 0.25) is 0 Å². The minimum absolute atomic E-state index is 0.298. The Balaban J connectivity index is 1.90. The highest BCUT2D eigenvalue weighted by atomic mass is 32.1. The van der Waals surface area contributed by atoms with E-state index < -0.39 is 5.97 Å². The van der Waals surface area contributed by atoms with Crippen LogP contribution in [-0.4, -0.2) is 22.7 Å². The Morgan fingerprint density at radius 1 is 1.43 bits per heavy atom. The van der Waals surface area contributed by atoms with E-state index in [4.69, 9.17) is 9.84 Å². The van der Waals surface area contributed by atoms with Crippen LogP contribution >= 0.6 is 11.3 Å². The predicted molar refractivity (Wildman–Crippen MR) is 79.1 cm³/mol. The van der Waals surface area contributed by atoms with Crippen LogP contribution in [0.5, 0.6) is 5.75 Å². The maximum Gasteiger partial charge on any atom is 0.328 e. The molecule has 0 spiro atoms. The zero-order valence-electron chi connectivity index (χ0n) is 11.4. The van der Waals surface area contributed by atoms with Crippen molar-refractivity contribution in [3.8, 4) is 5.75 Å². The summed E-state index contributed by atoms with van der Waals surface area (Å²) < 4.78 is 18.2. The summed E-state index contributed by atoms with van der Waals surface area (Å²) in [5.74, 6) is -0.674. The van der Waals surface area contributed by atoms with Crippen molar-refractivity contribution in [2.75, 3.05) is 6.61 Å². The van der Waals surface area contributed by atoms with Crippen LogP contribution in [0.25, 0.3) is 6.08 Å². The first kappa shape index (κ1) is 15.2. The Hall–Kier alpha value is -2.21. The number of thiazole rings is 1. The third-order valence-corrected chi connectivity index (χ3v) is 3.83. The minimum atomic E-state index is -0.982. The molecule has 1 aromatic carbocycles. The first-order valence-electron chi connectivity index (χ1n) is 6.30. The van der Waals surface area contributed by atoms with Crippen molar-refractivity contribution in [1.29, 1.82) is 0 Å². The van der Waals surface area contributed by atoms with Crippen molar-refractivity contribution in [2.45, 2.75) is 13.3 Å². The van der Waals surface area contributed by atoms with E-state index in [1.54, 1.807) is 18.2 Å². The second kappa shape index (κ2) is 6.99. The standard InChI is InChI=1S/C15H14FNO3S/c1-10-13(6-7-15(18)19)21-14(17-10)8-9-20-12-4-2-11(16)3-5-12/h2-7H,8-9H2,1H3,(H,18,19)/b7-6+. The molecular weight excluding hydrogens is 293 g/mol. The number of aliphatic carboxylic acids is 1. The second-order valence-corrected chi connectivity index (χ2v) is 5.40. The molecule has 0 bridgehead atoms. The maximum atomic E-state index is 12.7. The molecule has 2 aromatic rings. The van der Waals surface area contributed by atoms with Crippen LogP contribution in [0.3, 0.4) is 0 Å². The van der Waals surface area contributed by atoms with Gasteiger partial charge in [-0.3, -0.25) is 0 Å². The molecule has 0 aliphatic rings. The van der Waals surface area contributed by atoms with E-state index >= 15 is 0 Å². The van der Waals surface area contributed by atoms with Crippen molar-refractivity contribution in [3.05, 3.63) is 51.7 Å². The summed E-state index contributed by atoms with van der Waals surface area (Å²) in [5, 5.41) is 9.48. The van der Waals surface area contributed by atoms with Gasteiger partial charge in [-0.05, 0) is 37.3 Å². The molecule has 0 aliphatic carbocycles. The van der Waals surface area contributed by atoms with Crippen LogP contribution in [-0.2, 0) is 11.2 Å². The van der Waals surface area contributed by atoms with Gasteiger partial charge >= 0.3 is 5.97 Å². The monoisotopic (exact) mass is 307 g/mol. The molecule has 0 aliphatic heterocycles. The first-order valence-corrected chi connectivity index (χ1v) is 7.12. The number of carboxylic acid groups (broad SMARTS) is 1. The number of rotatable bonds is 6. The van der Waals surface area contributed by atoms with Crippen LogP contribution in [0, 0.1) is 12.7 Å². The van der Waals surface area contributed by atoms with Gasteiger partial charge in [0.1, 0.15) is 11.6 Å². The van der Waals surface area contributed by atoms with Crippen LogP contribution < -0.4 is 4.74 Å². The largest absolute Gasteiger partial charge is 0.493 e. The lowest BCUT2D eigenvalue weighted by atomic mass is 10.3. The first-order chi connectivity index (χ1) is 10.0. The average molecular weight is 307 g/mol. The highest BCUT2D eigenvalue weighted by Crippen LogP contribution is 2.20. The zero-order chi connectivity index (χ0) is 15.2. The number of aryl methyl sites for hydroxylation is 1. The molecule has 1 aromatic heterocycles. The molecule has 1 heterocycles. The van der Waals surface area contributed by atoms with Gasteiger partial charge in [0.15, 0.2) is 0 Å². The summed E-state index contributed by atoms with van der Waals surface area (Å²) in [7, 11) is 0. The van der Waals surface area contributed by atoms with Gasteiger partial charge in [-0.1, -0.05) is 0 Å². The maximum absolute atomic E-state index is 12.7. The number of aromatic nitrogens is 1. The van der Waals surface area contributed by atoms with E-state index in [1.807, 2.05) is 6.92 Å². The molecule has 0 radical (unpaired) electrons. The Bertz CT molecular complexity index is 649. The molecule has 0 unspecified atom stereocenters. The van der Waals surface area contributed by atoms with Crippen molar-refractivity contribution in [1.82, 2.24) is 4.98 Å². The summed E-state index contributed by atoms with van der Waals surface area (Å²) in [5.41, 5.74) is 0.800. The number of carbonyl (C=O) groups is 1. The summed E-state index contributed by atoms with van der Waals surface area (Å²) in [6.45, 7) is 2.27. The van der Waals surface area contributed by atoms with Gasteiger partial charge < -0.3 is 9.84 Å². The Morgan fingerprint density at radius 2 is 2.14 bits per heavy atom. The van der Waals surface area contributed by atoms with Crippen LogP contribution in [0.1, 0.15) is 15.6 Å². The molecule has 0 atom stereocenters. The van der Waals surface area contributed by atoms with E-state index in [0.29, 0.717) is 18.8 Å². The van der Waals surface area contributed by atoms with Gasteiger partial charge in [-0.15, -0.1) is 11.3 Å². The predicted octanol–water partition coefficient (Wildman–Crippen LogP) is 3.31. The second-order valence-electron chi connectivity index (χ2n) is 4.28. The number of hydrogen-bond acceptors (Lipinski definition) is 4. The molecule has 110 valence electrons. The lowest BCUT2D eigenvalue weighted by Gasteiger charge is -2.04. The summed E-state index contributed by atoms with van der Waals surface area (Å²) in [6, 6.07) is 5.84. The smallest absolute Gasteiger partial charge is 0.328 e.